The fraction of sp³-hybridized carbons (Fsp3) is 0.923. The van der Waals surface area contributed by atoms with Crippen molar-refractivity contribution >= 4 is 5.91 Å². The summed E-state index contributed by atoms with van der Waals surface area (Å²) >= 11 is 0. The Labute approximate surface area is 116 Å². The lowest BCUT2D eigenvalue weighted by atomic mass is 10.0. The summed E-state index contributed by atoms with van der Waals surface area (Å²) in [6.45, 7) is 10.5. The molecule has 0 aromatic heterocycles. The van der Waals surface area contributed by atoms with Crippen LogP contribution in [-0.2, 0) is 14.3 Å². The quantitative estimate of drug-likeness (QED) is 0.483. The number of carbonyl (C=O) groups is 1. The molecule has 0 aromatic rings. The van der Waals surface area contributed by atoms with E-state index >= 15 is 0 Å². The summed E-state index contributed by atoms with van der Waals surface area (Å²) < 4.78 is 10.7. The third kappa shape index (κ3) is 7.47. The van der Waals surface area contributed by atoms with Gasteiger partial charge in [-0.1, -0.05) is 0 Å². The van der Waals surface area contributed by atoms with Crippen molar-refractivity contribution in [3.63, 3.8) is 0 Å². The molecule has 6 heteroatoms. The molecular formula is C13H29N3O3. The monoisotopic (exact) mass is 275 g/mol. The van der Waals surface area contributed by atoms with Crippen LogP contribution in [0.25, 0.3) is 0 Å². The number of ether oxygens (including phenoxy) is 2. The van der Waals surface area contributed by atoms with Crippen LogP contribution in [0.2, 0.25) is 0 Å². The summed E-state index contributed by atoms with van der Waals surface area (Å²) in [6.07, 6.45) is 0. The van der Waals surface area contributed by atoms with Gasteiger partial charge in [0.15, 0.2) is 0 Å². The predicted molar refractivity (Wildman–Crippen MR) is 76.1 cm³/mol. The molecule has 0 radical (unpaired) electrons. The minimum absolute atomic E-state index is 0.354. The number of likely N-dealkylation sites (N-methyl/N-ethyl adjacent to an activating group) is 1. The molecule has 0 aliphatic heterocycles. The fourth-order valence-corrected chi connectivity index (χ4v) is 1.67. The van der Waals surface area contributed by atoms with Gasteiger partial charge in [0.25, 0.3) is 0 Å². The van der Waals surface area contributed by atoms with Crippen LogP contribution < -0.4 is 11.1 Å². The van der Waals surface area contributed by atoms with Crippen LogP contribution in [0.4, 0.5) is 0 Å². The Morgan fingerprint density at radius 2 is 1.68 bits per heavy atom. The first-order chi connectivity index (χ1) is 9.00. The Balaban J connectivity index is 4.40. The van der Waals surface area contributed by atoms with Gasteiger partial charge in [0.05, 0.1) is 13.2 Å². The maximum Gasteiger partial charge on any atom is 0.238 e. The minimum Gasteiger partial charge on any atom is -0.380 e. The molecule has 0 saturated heterocycles. The normalized spacial score (nSPS) is 14.6. The van der Waals surface area contributed by atoms with Crippen LogP contribution in [-0.4, -0.2) is 69.5 Å². The fourth-order valence-electron chi connectivity index (χ4n) is 1.67. The van der Waals surface area contributed by atoms with Gasteiger partial charge in [-0.3, -0.25) is 9.69 Å². The zero-order valence-electron chi connectivity index (χ0n) is 12.7. The Hall–Kier alpha value is -0.690. The van der Waals surface area contributed by atoms with E-state index in [0.29, 0.717) is 33.0 Å². The molecule has 1 unspecified atom stereocenters. The standard InChI is InChI=1S/C13H29N3O3/c1-5-18-9-7-16(8-10-19-6-2)11-13(3,15-4)12(14)17/h15H,5-11H2,1-4H3,(H2,14,17). The highest BCUT2D eigenvalue weighted by Crippen LogP contribution is 2.06. The van der Waals surface area contributed by atoms with Crippen LogP contribution in [0, 0.1) is 0 Å². The molecule has 19 heavy (non-hydrogen) atoms. The van der Waals surface area contributed by atoms with E-state index in [9.17, 15) is 4.79 Å². The second-order valence-corrected chi connectivity index (χ2v) is 4.62. The van der Waals surface area contributed by atoms with Crippen molar-refractivity contribution in [2.45, 2.75) is 26.3 Å². The maximum absolute atomic E-state index is 11.5. The van der Waals surface area contributed by atoms with Crippen molar-refractivity contribution in [1.82, 2.24) is 10.2 Å². The van der Waals surface area contributed by atoms with E-state index in [-0.39, 0.29) is 5.91 Å². The lowest BCUT2D eigenvalue weighted by molar-refractivity contribution is -0.124. The van der Waals surface area contributed by atoms with Gasteiger partial charge in [-0.15, -0.1) is 0 Å². The SMILES string of the molecule is CCOCCN(CCOCC)CC(C)(NC)C(N)=O. The average Bonchev–Trinajstić information content (AvgIpc) is 2.38. The molecule has 1 amide bonds. The van der Waals surface area contributed by atoms with Gasteiger partial charge in [-0.25, -0.2) is 0 Å². The highest BCUT2D eigenvalue weighted by atomic mass is 16.5. The molecule has 1 atom stereocenters. The number of hydrogen-bond acceptors (Lipinski definition) is 5. The molecular weight excluding hydrogens is 246 g/mol. The van der Waals surface area contributed by atoms with E-state index < -0.39 is 5.54 Å². The van der Waals surface area contributed by atoms with Gasteiger partial charge in [0.2, 0.25) is 5.91 Å². The largest absolute Gasteiger partial charge is 0.380 e. The summed E-state index contributed by atoms with van der Waals surface area (Å²) in [5.74, 6) is -0.354. The van der Waals surface area contributed by atoms with E-state index in [1.165, 1.54) is 0 Å². The smallest absolute Gasteiger partial charge is 0.238 e. The summed E-state index contributed by atoms with van der Waals surface area (Å²) in [4.78, 5) is 13.6. The van der Waals surface area contributed by atoms with Crippen LogP contribution in [0.3, 0.4) is 0 Å². The molecule has 0 rings (SSSR count). The van der Waals surface area contributed by atoms with Gasteiger partial charge >= 0.3 is 0 Å². The lowest BCUT2D eigenvalue weighted by Crippen LogP contribution is -2.59. The molecule has 0 fully saturated rings. The molecule has 0 bridgehead atoms. The number of nitrogens with zero attached hydrogens (tertiary/aromatic N) is 1. The zero-order valence-corrected chi connectivity index (χ0v) is 12.7. The van der Waals surface area contributed by atoms with Gasteiger partial charge in [0.1, 0.15) is 5.54 Å². The number of carbonyl (C=O) groups excluding carboxylic acids is 1. The first-order valence-corrected chi connectivity index (χ1v) is 6.86. The molecule has 114 valence electrons. The van der Waals surface area contributed by atoms with Crippen LogP contribution in [0.1, 0.15) is 20.8 Å². The lowest BCUT2D eigenvalue weighted by Gasteiger charge is -2.32. The van der Waals surface area contributed by atoms with Crippen LogP contribution >= 0.6 is 0 Å². The molecule has 0 aliphatic rings. The average molecular weight is 275 g/mol. The van der Waals surface area contributed by atoms with Gasteiger partial charge in [0, 0.05) is 32.8 Å². The van der Waals surface area contributed by atoms with E-state index in [1.54, 1.807) is 7.05 Å². The molecule has 3 N–H and O–H groups in total. The summed E-state index contributed by atoms with van der Waals surface area (Å²) in [5, 5.41) is 2.99. The predicted octanol–water partition coefficient (Wildman–Crippen LogP) is -0.175. The molecule has 6 nitrogen and oxygen atoms in total. The second-order valence-electron chi connectivity index (χ2n) is 4.62. The summed E-state index contributed by atoms with van der Waals surface area (Å²) in [5.41, 5.74) is 4.71. The second kappa shape index (κ2) is 10.1. The van der Waals surface area contributed by atoms with Crippen molar-refractivity contribution in [2.75, 3.05) is 53.1 Å². The first kappa shape index (κ1) is 18.3. The highest BCUT2D eigenvalue weighted by Gasteiger charge is 2.31. The Bertz CT molecular complexity index is 241. The van der Waals surface area contributed by atoms with E-state index in [1.807, 2.05) is 20.8 Å². The Kier molecular flexibility index (Phi) is 9.77. The van der Waals surface area contributed by atoms with Crippen molar-refractivity contribution in [3.8, 4) is 0 Å². The van der Waals surface area contributed by atoms with E-state index in [0.717, 1.165) is 13.1 Å². The number of nitrogens with two attached hydrogens (primary N) is 1. The zero-order chi connectivity index (χ0) is 14.7. The number of amides is 1. The molecule has 0 aromatic carbocycles. The van der Waals surface area contributed by atoms with Crippen molar-refractivity contribution in [2.24, 2.45) is 5.73 Å². The molecule has 0 aliphatic carbocycles. The summed E-state index contributed by atoms with van der Waals surface area (Å²) in [6, 6.07) is 0. The number of rotatable bonds is 12. The maximum atomic E-state index is 11.5. The topological polar surface area (TPSA) is 76.8 Å². The van der Waals surface area contributed by atoms with Crippen LogP contribution in [0.15, 0.2) is 0 Å². The number of primary amides is 1. The third-order valence-corrected chi connectivity index (χ3v) is 3.15. The molecule has 0 saturated carbocycles. The van der Waals surface area contributed by atoms with Crippen molar-refractivity contribution in [3.05, 3.63) is 0 Å². The van der Waals surface area contributed by atoms with E-state index in [4.69, 9.17) is 15.2 Å². The third-order valence-electron chi connectivity index (χ3n) is 3.15. The molecule has 0 heterocycles. The Morgan fingerprint density at radius 3 is 2.00 bits per heavy atom. The van der Waals surface area contributed by atoms with E-state index in [2.05, 4.69) is 10.2 Å². The van der Waals surface area contributed by atoms with Gasteiger partial charge in [-0.05, 0) is 27.8 Å². The van der Waals surface area contributed by atoms with Crippen LogP contribution in [0.5, 0.6) is 0 Å². The van der Waals surface area contributed by atoms with Gasteiger partial charge in [-0.2, -0.15) is 0 Å². The number of hydrogen-bond donors (Lipinski definition) is 2. The highest BCUT2D eigenvalue weighted by molar-refractivity contribution is 5.84. The van der Waals surface area contributed by atoms with Gasteiger partial charge < -0.3 is 20.5 Å². The minimum atomic E-state index is -0.738. The van der Waals surface area contributed by atoms with Crippen molar-refractivity contribution < 1.29 is 14.3 Å². The first-order valence-electron chi connectivity index (χ1n) is 6.86. The summed E-state index contributed by atoms with van der Waals surface area (Å²) in [7, 11) is 1.74. The number of nitrogens with one attached hydrogen (secondary N) is 1. The molecule has 0 spiro atoms. The Morgan fingerprint density at radius 1 is 1.21 bits per heavy atom. The van der Waals surface area contributed by atoms with Crippen molar-refractivity contribution in [1.29, 1.82) is 0 Å².